The highest BCUT2D eigenvalue weighted by Crippen LogP contribution is 2.21. The Morgan fingerprint density at radius 2 is 1.84 bits per heavy atom. The molecule has 0 spiro atoms. The van der Waals surface area contributed by atoms with Crippen molar-refractivity contribution >= 4 is 35.8 Å². The lowest BCUT2D eigenvalue weighted by molar-refractivity contribution is -0.119. The van der Waals surface area contributed by atoms with Crippen LogP contribution in [0, 0.1) is 0 Å². The number of benzene rings is 2. The summed E-state index contributed by atoms with van der Waals surface area (Å²) in [5.41, 5.74) is 6.69. The molecule has 0 bridgehead atoms. The number of amides is 1. The van der Waals surface area contributed by atoms with Gasteiger partial charge in [0, 0.05) is 18.7 Å². The molecular weight excluding hydrogens is 521 g/mol. The van der Waals surface area contributed by atoms with Gasteiger partial charge in [0.2, 0.25) is 0 Å². The number of para-hydroxylation sites is 1. The summed E-state index contributed by atoms with van der Waals surface area (Å²) in [4.78, 5) is 15.2. The van der Waals surface area contributed by atoms with Crippen LogP contribution in [0.3, 0.4) is 0 Å². The molecule has 31 heavy (non-hydrogen) atoms. The molecule has 0 atom stereocenters. The maximum absolute atomic E-state index is 12.5. The van der Waals surface area contributed by atoms with Crippen molar-refractivity contribution in [3.63, 3.8) is 0 Å². The molecule has 170 valence electrons. The van der Waals surface area contributed by atoms with Gasteiger partial charge in [-0.25, -0.2) is 4.99 Å². The number of alkyl halides is 2. The van der Waals surface area contributed by atoms with E-state index in [4.69, 9.17) is 10.5 Å². The number of carbonyl (C=O) groups excluding carboxylic acids is 1. The summed E-state index contributed by atoms with van der Waals surface area (Å²) in [7, 11) is 0. The van der Waals surface area contributed by atoms with Crippen molar-refractivity contribution in [2.75, 3.05) is 19.7 Å². The van der Waals surface area contributed by atoms with Crippen LogP contribution in [0.15, 0.2) is 53.5 Å². The second kappa shape index (κ2) is 14.4. The molecule has 4 N–H and O–H groups in total. The zero-order chi connectivity index (χ0) is 21.8. The molecule has 7 nitrogen and oxygen atoms in total. The molecular formula is C21H27F2IN4O3. The van der Waals surface area contributed by atoms with Gasteiger partial charge in [-0.05, 0) is 37.1 Å². The first-order valence-electron chi connectivity index (χ1n) is 9.53. The van der Waals surface area contributed by atoms with Crippen LogP contribution in [0.2, 0.25) is 0 Å². The molecule has 0 fully saturated rings. The van der Waals surface area contributed by atoms with E-state index in [1.165, 1.54) is 6.07 Å². The number of ether oxygens (including phenoxy) is 2. The lowest BCUT2D eigenvalue weighted by Crippen LogP contribution is -2.38. The van der Waals surface area contributed by atoms with Gasteiger partial charge in [-0.3, -0.25) is 4.79 Å². The highest BCUT2D eigenvalue weighted by atomic mass is 127. The van der Waals surface area contributed by atoms with Crippen LogP contribution < -0.4 is 25.8 Å². The van der Waals surface area contributed by atoms with Crippen molar-refractivity contribution in [1.29, 1.82) is 0 Å². The number of aliphatic imine (C=N–C) groups is 1. The van der Waals surface area contributed by atoms with Gasteiger partial charge in [0.05, 0.1) is 6.54 Å². The normalized spacial score (nSPS) is 10.9. The summed E-state index contributed by atoms with van der Waals surface area (Å²) in [5.74, 6) is 0.739. The van der Waals surface area contributed by atoms with Crippen LogP contribution in [0.5, 0.6) is 11.5 Å². The van der Waals surface area contributed by atoms with Gasteiger partial charge in [-0.15, -0.1) is 24.0 Å². The Hall–Kier alpha value is -2.63. The summed E-state index contributed by atoms with van der Waals surface area (Å²) in [6.07, 6.45) is 0.728. The molecule has 2 aromatic carbocycles. The largest absolute Gasteiger partial charge is 0.484 e. The summed E-state index contributed by atoms with van der Waals surface area (Å²) in [6.45, 7) is 0.374. The Labute approximate surface area is 197 Å². The van der Waals surface area contributed by atoms with Gasteiger partial charge in [0.15, 0.2) is 12.6 Å². The molecule has 0 aliphatic heterocycles. The molecule has 0 saturated heterocycles. The summed E-state index contributed by atoms with van der Waals surface area (Å²) < 4.78 is 34.8. The van der Waals surface area contributed by atoms with Crippen molar-refractivity contribution in [1.82, 2.24) is 10.6 Å². The summed E-state index contributed by atoms with van der Waals surface area (Å²) >= 11 is 0. The fourth-order valence-electron chi connectivity index (χ4n) is 2.58. The highest BCUT2D eigenvalue weighted by molar-refractivity contribution is 14.0. The quantitative estimate of drug-likeness (QED) is 0.228. The number of hydrogen-bond donors (Lipinski definition) is 3. The SMILES string of the molecule is CCNC(=NCc1ccccc1OC(F)F)NCCc1ccc(OCC(N)=O)cc1.I. The molecule has 2 aromatic rings. The minimum absolute atomic E-state index is 0. The summed E-state index contributed by atoms with van der Waals surface area (Å²) in [5, 5.41) is 6.33. The zero-order valence-electron chi connectivity index (χ0n) is 17.1. The Morgan fingerprint density at radius 3 is 2.48 bits per heavy atom. The topological polar surface area (TPSA) is 98.0 Å². The number of carbonyl (C=O) groups is 1. The number of hydrogen-bond acceptors (Lipinski definition) is 4. The number of nitrogens with two attached hydrogens (primary N) is 1. The van der Waals surface area contributed by atoms with E-state index in [-0.39, 0.29) is 42.9 Å². The third kappa shape index (κ3) is 10.3. The Balaban J connectivity index is 0.00000480. The van der Waals surface area contributed by atoms with E-state index in [1.807, 2.05) is 19.1 Å². The predicted molar refractivity (Wildman–Crippen MR) is 126 cm³/mol. The Bertz CT molecular complexity index is 836. The van der Waals surface area contributed by atoms with Gasteiger partial charge < -0.3 is 25.8 Å². The number of rotatable bonds is 11. The molecule has 10 heteroatoms. The van der Waals surface area contributed by atoms with Gasteiger partial charge in [0.1, 0.15) is 11.5 Å². The number of guanidine groups is 1. The number of nitrogens with zero attached hydrogens (tertiary/aromatic N) is 1. The van der Waals surface area contributed by atoms with E-state index in [0.29, 0.717) is 30.4 Å². The molecule has 1 amide bonds. The molecule has 0 unspecified atom stereocenters. The minimum atomic E-state index is -2.88. The van der Waals surface area contributed by atoms with E-state index in [1.54, 1.807) is 30.3 Å². The maximum Gasteiger partial charge on any atom is 0.387 e. The van der Waals surface area contributed by atoms with Crippen LogP contribution in [-0.4, -0.2) is 38.2 Å². The average molecular weight is 548 g/mol. The van der Waals surface area contributed by atoms with E-state index in [9.17, 15) is 13.6 Å². The first kappa shape index (κ1) is 26.4. The van der Waals surface area contributed by atoms with Gasteiger partial charge in [0.25, 0.3) is 5.91 Å². The van der Waals surface area contributed by atoms with E-state index in [0.717, 1.165) is 12.0 Å². The molecule has 0 aliphatic rings. The van der Waals surface area contributed by atoms with Crippen molar-refractivity contribution in [3.05, 3.63) is 59.7 Å². The second-order valence-corrected chi connectivity index (χ2v) is 6.26. The first-order valence-corrected chi connectivity index (χ1v) is 9.53. The number of halogens is 3. The number of nitrogens with one attached hydrogen (secondary N) is 2. The maximum atomic E-state index is 12.5. The monoisotopic (exact) mass is 548 g/mol. The molecule has 0 heterocycles. The zero-order valence-corrected chi connectivity index (χ0v) is 19.5. The summed E-state index contributed by atoms with van der Waals surface area (Å²) in [6, 6.07) is 13.9. The molecule has 0 radical (unpaired) electrons. The standard InChI is InChI=1S/C21H26F2N4O3.HI/c1-2-25-21(27-13-16-5-3-4-6-18(16)30-20(22)23)26-12-11-15-7-9-17(10-8-15)29-14-19(24)28;/h3-10,20H,2,11-14H2,1H3,(H2,24,28)(H2,25,26,27);1H. The van der Waals surface area contributed by atoms with Crippen LogP contribution in [0.1, 0.15) is 18.1 Å². The van der Waals surface area contributed by atoms with E-state index < -0.39 is 12.5 Å². The van der Waals surface area contributed by atoms with Crippen molar-refractivity contribution in [2.45, 2.75) is 26.5 Å². The average Bonchev–Trinajstić information content (AvgIpc) is 2.72. The molecule has 0 aromatic heterocycles. The lowest BCUT2D eigenvalue weighted by atomic mass is 10.1. The van der Waals surface area contributed by atoms with E-state index >= 15 is 0 Å². The third-order valence-corrected chi connectivity index (χ3v) is 3.95. The highest BCUT2D eigenvalue weighted by Gasteiger charge is 2.09. The van der Waals surface area contributed by atoms with Crippen molar-refractivity contribution in [2.24, 2.45) is 10.7 Å². The van der Waals surface area contributed by atoms with Gasteiger partial charge in [-0.2, -0.15) is 8.78 Å². The molecule has 0 aliphatic carbocycles. The van der Waals surface area contributed by atoms with E-state index in [2.05, 4.69) is 20.4 Å². The van der Waals surface area contributed by atoms with Gasteiger partial charge in [-0.1, -0.05) is 30.3 Å². The fourth-order valence-corrected chi connectivity index (χ4v) is 2.58. The fraction of sp³-hybridized carbons (Fsp3) is 0.333. The van der Waals surface area contributed by atoms with Crippen LogP contribution in [-0.2, 0) is 17.8 Å². The van der Waals surface area contributed by atoms with Crippen molar-refractivity contribution in [3.8, 4) is 11.5 Å². The lowest BCUT2D eigenvalue weighted by Gasteiger charge is -2.13. The molecule has 2 rings (SSSR count). The number of primary amides is 1. The smallest absolute Gasteiger partial charge is 0.387 e. The Kier molecular flexibility index (Phi) is 12.3. The van der Waals surface area contributed by atoms with Crippen LogP contribution >= 0.6 is 24.0 Å². The Morgan fingerprint density at radius 1 is 1.13 bits per heavy atom. The second-order valence-electron chi connectivity index (χ2n) is 6.26. The van der Waals surface area contributed by atoms with Crippen LogP contribution in [0.4, 0.5) is 8.78 Å². The third-order valence-electron chi connectivity index (χ3n) is 3.95. The predicted octanol–water partition coefficient (Wildman–Crippen LogP) is 3.07. The van der Waals surface area contributed by atoms with Crippen molar-refractivity contribution < 1.29 is 23.0 Å². The van der Waals surface area contributed by atoms with Gasteiger partial charge >= 0.3 is 6.61 Å². The molecule has 0 saturated carbocycles. The minimum Gasteiger partial charge on any atom is -0.484 e. The first-order chi connectivity index (χ1) is 14.5. The van der Waals surface area contributed by atoms with Crippen LogP contribution in [0.25, 0.3) is 0 Å².